The molecule has 3 heterocycles. The van der Waals surface area contributed by atoms with Crippen molar-refractivity contribution in [2.45, 2.75) is 31.5 Å². The molecular formula is C16H21N5O2. The zero-order valence-electron chi connectivity index (χ0n) is 13.6. The number of hydrogen-bond acceptors (Lipinski definition) is 5. The number of rotatable bonds is 3. The van der Waals surface area contributed by atoms with E-state index in [4.69, 9.17) is 4.74 Å². The Bertz CT molecular complexity index is 756. The fourth-order valence-electron chi connectivity index (χ4n) is 3.97. The van der Waals surface area contributed by atoms with Crippen molar-refractivity contribution in [1.29, 1.82) is 0 Å². The molecule has 0 bridgehead atoms. The van der Waals surface area contributed by atoms with Crippen LogP contribution < -0.4 is 5.32 Å². The van der Waals surface area contributed by atoms with Crippen LogP contribution in [0.15, 0.2) is 18.5 Å². The molecule has 2 aromatic rings. The Kier molecular flexibility index (Phi) is 3.35. The second kappa shape index (κ2) is 5.28. The Morgan fingerprint density at radius 3 is 3.09 bits per heavy atom. The van der Waals surface area contributed by atoms with E-state index in [1.54, 1.807) is 16.7 Å². The number of carbonyl (C=O) groups excluding carboxylic acids is 1. The second-order valence-electron chi connectivity index (χ2n) is 6.58. The van der Waals surface area contributed by atoms with Crippen molar-refractivity contribution in [3.8, 4) is 0 Å². The molecule has 0 radical (unpaired) electrons. The Morgan fingerprint density at radius 2 is 2.30 bits per heavy atom. The average molecular weight is 315 g/mol. The van der Waals surface area contributed by atoms with Crippen molar-refractivity contribution in [3.05, 3.63) is 29.8 Å². The predicted molar refractivity (Wildman–Crippen MR) is 84.3 cm³/mol. The van der Waals surface area contributed by atoms with E-state index >= 15 is 0 Å². The van der Waals surface area contributed by atoms with Gasteiger partial charge in [-0.25, -0.2) is 9.97 Å². The Labute approximate surface area is 134 Å². The number of nitrogens with one attached hydrogen (secondary N) is 1. The number of hydrogen-bond donors (Lipinski definition) is 1. The highest BCUT2D eigenvalue weighted by molar-refractivity contribution is 5.94. The summed E-state index contributed by atoms with van der Waals surface area (Å²) in [4.78, 5) is 23.5. The van der Waals surface area contributed by atoms with Gasteiger partial charge in [0.2, 0.25) is 5.78 Å². The first kappa shape index (κ1) is 14.6. The molecule has 7 nitrogen and oxygen atoms in total. The molecule has 4 rings (SSSR count). The van der Waals surface area contributed by atoms with E-state index in [0.717, 1.165) is 13.0 Å². The number of amides is 1. The molecule has 2 aliphatic rings. The Hall–Kier alpha value is -1.99. The van der Waals surface area contributed by atoms with Gasteiger partial charge in [-0.2, -0.15) is 0 Å². The molecule has 0 spiro atoms. The van der Waals surface area contributed by atoms with Gasteiger partial charge in [0.1, 0.15) is 5.69 Å². The van der Waals surface area contributed by atoms with Crippen molar-refractivity contribution < 1.29 is 9.53 Å². The van der Waals surface area contributed by atoms with Gasteiger partial charge in [0, 0.05) is 24.9 Å². The minimum absolute atomic E-state index is 0.0924. The molecule has 2 fully saturated rings. The van der Waals surface area contributed by atoms with Crippen LogP contribution in [-0.2, 0) is 4.74 Å². The number of ether oxygens (including phenoxy) is 1. The summed E-state index contributed by atoms with van der Waals surface area (Å²) in [6.45, 7) is 2.62. The summed E-state index contributed by atoms with van der Waals surface area (Å²) >= 11 is 0. The van der Waals surface area contributed by atoms with Crippen molar-refractivity contribution in [2.75, 3.05) is 20.7 Å². The molecule has 1 aliphatic heterocycles. The summed E-state index contributed by atoms with van der Waals surface area (Å²) in [5.74, 6) is 0.865. The van der Waals surface area contributed by atoms with Crippen molar-refractivity contribution in [3.63, 3.8) is 0 Å². The number of carbonyl (C=O) groups is 1. The van der Waals surface area contributed by atoms with Gasteiger partial charge < -0.3 is 15.0 Å². The van der Waals surface area contributed by atoms with Gasteiger partial charge in [0.05, 0.1) is 23.9 Å². The van der Waals surface area contributed by atoms with Crippen LogP contribution in [0.2, 0.25) is 0 Å². The molecule has 23 heavy (non-hydrogen) atoms. The standard InChI is InChI=1S/C16H21N5O2/c1-9-12(21-7-4-6-17-16(21)18-9)15(22)19-11-10-5-8-23-14(10)13(11)20(2)3/h4,6-7,10-11,13-14H,5,8H2,1-3H3,(H,19,22)/t10-,11+,13-,14-/m1/s1. The summed E-state index contributed by atoms with van der Waals surface area (Å²) in [7, 11) is 4.07. The maximum atomic E-state index is 12.8. The average Bonchev–Trinajstić information content (AvgIpc) is 3.04. The zero-order valence-corrected chi connectivity index (χ0v) is 13.6. The van der Waals surface area contributed by atoms with E-state index in [1.165, 1.54) is 0 Å². The van der Waals surface area contributed by atoms with E-state index in [0.29, 0.717) is 23.1 Å². The van der Waals surface area contributed by atoms with Gasteiger partial charge >= 0.3 is 0 Å². The van der Waals surface area contributed by atoms with E-state index < -0.39 is 0 Å². The first-order valence-electron chi connectivity index (χ1n) is 7.96. The molecular weight excluding hydrogens is 294 g/mol. The van der Waals surface area contributed by atoms with Gasteiger partial charge in [-0.15, -0.1) is 0 Å². The predicted octanol–water partition coefficient (Wildman–Crippen LogP) is 0.485. The lowest BCUT2D eigenvalue weighted by Crippen LogP contribution is -2.69. The lowest BCUT2D eigenvalue weighted by molar-refractivity contribution is -0.0664. The zero-order chi connectivity index (χ0) is 16.1. The van der Waals surface area contributed by atoms with Crippen LogP contribution in [0.4, 0.5) is 0 Å². The van der Waals surface area contributed by atoms with E-state index in [-0.39, 0.29) is 24.1 Å². The van der Waals surface area contributed by atoms with Crippen LogP contribution in [0.25, 0.3) is 5.78 Å². The maximum Gasteiger partial charge on any atom is 0.270 e. The molecule has 7 heteroatoms. The fraction of sp³-hybridized carbons (Fsp3) is 0.562. The fourth-order valence-corrected chi connectivity index (χ4v) is 3.97. The highest BCUT2D eigenvalue weighted by Gasteiger charge is 2.55. The minimum Gasteiger partial charge on any atom is -0.376 e. The molecule has 1 saturated carbocycles. The summed E-state index contributed by atoms with van der Waals surface area (Å²) in [6, 6.07) is 2.15. The van der Waals surface area contributed by atoms with Crippen molar-refractivity contribution in [2.24, 2.45) is 5.92 Å². The second-order valence-corrected chi connectivity index (χ2v) is 6.58. The number of likely N-dealkylation sites (N-methyl/N-ethyl adjacent to an activating group) is 1. The Balaban J connectivity index is 1.61. The van der Waals surface area contributed by atoms with Crippen LogP contribution in [0, 0.1) is 12.8 Å². The highest BCUT2D eigenvalue weighted by atomic mass is 16.5. The van der Waals surface area contributed by atoms with Crippen LogP contribution in [0.1, 0.15) is 22.6 Å². The van der Waals surface area contributed by atoms with Gasteiger partial charge in [-0.1, -0.05) is 0 Å². The third kappa shape index (κ3) is 2.14. The van der Waals surface area contributed by atoms with Crippen molar-refractivity contribution in [1.82, 2.24) is 24.6 Å². The lowest BCUT2D eigenvalue weighted by Gasteiger charge is -2.50. The van der Waals surface area contributed by atoms with E-state index in [9.17, 15) is 4.79 Å². The molecule has 0 unspecified atom stereocenters. The SMILES string of the molecule is Cc1nc2ncccn2c1C(=O)N[C@H]1[C@H]2CCO[C@H]2[C@@H]1N(C)C. The van der Waals surface area contributed by atoms with Crippen molar-refractivity contribution >= 4 is 11.7 Å². The molecule has 2 aromatic heterocycles. The van der Waals surface area contributed by atoms with Crippen LogP contribution in [-0.4, -0.2) is 64.1 Å². The quantitative estimate of drug-likeness (QED) is 0.892. The number of nitrogens with zero attached hydrogens (tertiary/aromatic N) is 4. The number of aryl methyl sites for hydroxylation is 1. The molecule has 4 atom stereocenters. The lowest BCUT2D eigenvalue weighted by atomic mass is 9.71. The number of aromatic nitrogens is 3. The van der Waals surface area contributed by atoms with E-state index in [2.05, 4.69) is 20.2 Å². The first-order valence-corrected chi connectivity index (χ1v) is 7.96. The highest BCUT2D eigenvalue weighted by Crippen LogP contribution is 2.41. The van der Waals surface area contributed by atoms with Gasteiger partial charge in [-0.3, -0.25) is 9.20 Å². The monoisotopic (exact) mass is 315 g/mol. The minimum atomic E-state index is -0.0924. The topological polar surface area (TPSA) is 71.8 Å². The van der Waals surface area contributed by atoms with Crippen LogP contribution in [0.3, 0.4) is 0 Å². The first-order chi connectivity index (χ1) is 11.1. The molecule has 0 aromatic carbocycles. The smallest absolute Gasteiger partial charge is 0.270 e. The molecule has 1 amide bonds. The molecule has 122 valence electrons. The van der Waals surface area contributed by atoms with Gasteiger partial charge in [0.15, 0.2) is 0 Å². The van der Waals surface area contributed by atoms with Gasteiger partial charge in [-0.05, 0) is 33.5 Å². The summed E-state index contributed by atoms with van der Waals surface area (Å²) < 4.78 is 7.55. The van der Waals surface area contributed by atoms with Crippen LogP contribution >= 0.6 is 0 Å². The molecule has 1 N–H and O–H groups in total. The summed E-state index contributed by atoms with van der Waals surface area (Å²) in [5, 5.41) is 3.21. The summed E-state index contributed by atoms with van der Waals surface area (Å²) in [6.07, 6.45) is 4.74. The maximum absolute atomic E-state index is 12.8. The molecule has 1 saturated heterocycles. The normalized spacial score (nSPS) is 29.6. The third-order valence-corrected chi connectivity index (χ3v) is 5.04. The Morgan fingerprint density at radius 1 is 1.48 bits per heavy atom. The summed E-state index contributed by atoms with van der Waals surface area (Å²) in [5.41, 5.74) is 1.26. The largest absolute Gasteiger partial charge is 0.376 e. The van der Waals surface area contributed by atoms with Gasteiger partial charge in [0.25, 0.3) is 5.91 Å². The number of fused-ring (bicyclic) bond motifs is 2. The molecule has 1 aliphatic carbocycles. The number of imidazole rings is 1. The third-order valence-electron chi connectivity index (χ3n) is 5.04. The van der Waals surface area contributed by atoms with Crippen LogP contribution in [0.5, 0.6) is 0 Å². The van der Waals surface area contributed by atoms with E-state index in [1.807, 2.05) is 27.2 Å².